The Morgan fingerprint density at radius 1 is 0.741 bits per heavy atom. The highest BCUT2D eigenvalue weighted by Crippen LogP contribution is 2.45. The van der Waals surface area contributed by atoms with Crippen molar-refractivity contribution in [1.29, 1.82) is 0 Å². The summed E-state index contributed by atoms with van der Waals surface area (Å²) in [6.45, 7) is 0.474. The first-order valence-corrected chi connectivity index (χ1v) is 8.91. The summed E-state index contributed by atoms with van der Waals surface area (Å²) in [5, 5.41) is 0. The Morgan fingerprint density at radius 3 is 1.74 bits per heavy atom. The molecule has 1 heterocycles. The van der Waals surface area contributed by atoms with Crippen LogP contribution in [0.4, 0.5) is 0 Å². The molecule has 0 N–H and O–H groups in total. The van der Waals surface area contributed by atoms with Crippen LogP contribution in [-0.4, -0.2) is 20.8 Å². The quantitative estimate of drug-likeness (QED) is 0.660. The zero-order valence-corrected chi connectivity index (χ0v) is 15.4. The highest BCUT2D eigenvalue weighted by atomic mass is 16.7. The zero-order valence-electron chi connectivity index (χ0n) is 15.4. The summed E-state index contributed by atoms with van der Waals surface area (Å²) < 4.78 is 23.5. The fourth-order valence-corrected chi connectivity index (χ4v) is 3.38. The molecule has 0 radical (unpaired) electrons. The van der Waals surface area contributed by atoms with Crippen LogP contribution in [0.3, 0.4) is 0 Å². The third kappa shape index (κ3) is 3.29. The topological polar surface area (TPSA) is 36.9 Å². The van der Waals surface area contributed by atoms with E-state index in [1.54, 1.807) is 14.2 Å². The minimum Gasteiger partial charge on any atom is -0.497 e. The number of ether oxygens (including phenoxy) is 4. The molecule has 0 spiro atoms. The van der Waals surface area contributed by atoms with E-state index in [2.05, 4.69) is 12.1 Å². The molecule has 4 rings (SSSR count). The van der Waals surface area contributed by atoms with Crippen LogP contribution in [0.15, 0.2) is 78.9 Å². The maximum absolute atomic E-state index is 6.55. The second kappa shape index (κ2) is 7.43. The summed E-state index contributed by atoms with van der Waals surface area (Å²) in [4.78, 5) is 0. The van der Waals surface area contributed by atoms with Crippen LogP contribution in [0, 0.1) is 0 Å². The van der Waals surface area contributed by atoms with E-state index in [0.717, 1.165) is 28.2 Å². The zero-order chi connectivity index (χ0) is 18.7. The van der Waals surface area contributed by atoms with Crippen LogP contribution in [-0.2, 0) is 15.3 Å². The molecular weight excluding hydrogens is 340 g/mol. The van der Waals surface area contributed by atoms with Crippen LogP contribution >= 0.6 is 0 Å². The van der Waals surface area contributed by atoms with Gasteiger partial charge >= 0.3 is 0 Å². The number of hydrogen-bond donors (Lipinski definition) is 0. The molecule has 4 nitrogen and oxygen atoms in total. The smallest absolute Gasteiger partial charge is 0.223 e. The third-order valence-electron chi connectivity index (χ3n) is 4.86. The summed E-state index contributed by atoms with van der Waals surface area (Å²) in [6.07, 6.45) is -0.143. The van der Waals surface area contributed by atoms with E-state index in [1.807, 2.05) is 66.7 Å². The van der Waals surface area contributed by atoms with Crippen LogP contribution in [0.25, 0.3) is 0 Å². The predicted molar refractivity (Wildman–Crippen MR) is 103 cm³/mol. The lowest BCUT2D eigenvalue weighted by Crippen LogP contribution is -2.28. The lowest BCUT2D eigenvalue weighted by atomic mass is 9.97. The van der Waals surface area contributed by atoms with E-state index in [0.29, 0.717) is 6.61 Å². The number of hydrogen-bond acceptors (Lipinski definition) is 4. The molecule has 3 aromatic rings. The first-order valence-electron chi connectivity index (χ1n) is 8.91. The van der Waals surface area contributed by atoms with Crippen molar-refractivity contribution >= 4 is 0 Å². The lowest BCUT2D eigenvalue weighted by Gasteiger charge is -2.29. The molecule has 0 bridgehead atoms. The average molecular weight is 362 g/mol. The van der Waals surface area contributed by atoms with Crippen LogP contribution in [0.2, 0.25) is 0 Å². The summed E-state index contributed by atoms with van der Waals surface area (Å²) in [5.74, 6) is 0.612. The molecule has 138 valence electrons. The van der Waals surface area contributed by atoms with Gasteiger partial charge < -0.3 is 18.9 Å². The Kier molecular flexibility index (Phi) is 4.84. The normalized spacial score (nSPS) is 18.2. The fourth-order valence-electron chi connectivity index (χ4n) is 3.38. The minimum absolute atomic E-state index is 0.143. The van der Waals surface area contributed by atoms with Gasteiger partial charge in [-0.2, -0.15) is 0 Å². The summed E-state index contributed by atoms with van der Waals surface area (Å²) >= 11 is 0. The van der Waals surface area contributed by atoms with E-state index >= 15 is 0 Å². The monoisotopic (exact) mass is 362 g/mol. The van der Waals surface area contributed by atoms with Gasteiger partial charge in [-0.25, -0.2) is 0 Å². The van der Waals surface area contributed by atoms with E-state index in [-0.39, 0.29) is 6.10 Å². The number of rotatable bonds is 5. The lowest BCUT2D eigenvalue weighted by molar-refractivity contribution is -0.143. The van der Waals surface area contributed by atoms with Crippen molar-refractivity contribution in [2.75, 3.05) is 20.8 Å². The molecule has 1 atom stereocenters. The van der Waals surface area contributed by atoms with Crippen molar-refractivity contribution in [2.24, 2.45) is 0 Å². The molecule has 0 aromatic heterocycles. The van der Waals surface area contributed by atoms with Gasteiger partial charge in [0.05, 0.1) is 20.8 Å². The van der Waals surface area contributed by atoms with Crippen molar-refractivity contribution < 1.29 is 18.9 Å². The van der Waals surface area contributed by atoms with Crippen molar-refractivity contribution in [3.05, 3.63) is 95.6 Å². The highest BCUT2D eigenvalue weighted by Gasteiger charge is 2.45. The predicted octanol–water partition coefficient (Wildman–Crippen LogP) is 4.69. The molecule has 27 heavy (non-hydrogen) atoms. The standard InChI is InChI=1S/C23H22O4/c1-24-20-12-8-18(9-13-20)23(19-10-14-21(25-2)15-11-19)26-16-22(27-23)17-6-4-3-5-7-17/h3-15,22H,16H2,1-2H3. The van der Waals surface area contributed by atoms with Crippen LogP contribution in [0.5, 0.6) is 11.5 Å². The number of benzene rings is 3. The van der Waals surface area contributed by atoms with Crippen molar-refractivity contribution in [3.63, 3.8) is 0 Å². The Balaban J connectivity index is 1.75. The maximum Gasteiger partial charge on any atom is 0.223 e. The van der Waals surface area contributed by atoms with Gasteiger partial charge in [0.15, 0.2) is 0 Å². The molecular formula is C23H22O4. The average Bonchev–Trinajstić information content (AvgIpc) is 3.21. The summed E-state index contributed by atoms with van der Waals surface area (Å²) in [7, 11) is 3.31. The molecule has 1 unspecified atom stereocenters. The second-order valence-corrected chi connectivity index (χ2v) is 6.40. The molecule has 4 heteroatoms. The molecule has 1 aliphatic heterocycles. The van der Waals surface area contributed by atoms with Gasteiger partial charge in [0.1, 0.15) is 17.6 Å². The fraction of sp³-hybridized carbons (Fsp3) is 0.217. The van der Waals surface area contributed by atoms with Gasteiger partial charge in [0.25, 0.3) is 0 Å². The Labute approximate surface area is 159 Å². The summed E-state index contributed by atoms with van der Waals surface area (Å²) in [5.41, 5.74) is 2.94. The van der Waals surface area contributed by atoms with Crippen molar-refractivity contribution in [3.8, 4) is 11.5 Å². The number of methoxy groups -OCH3 is 2. The van der Waals surface area contributed by atoms with Gasteiger partial charge in [-0.3, -0.25) is 0 Å². The second-order valence-electron chi connectivity index (χ2n) is 6.40. The Bertz CT molecular complexity index is 825. The largest absolute Gasteiger partial charge is 0.497 e. The molecule has 0 amide bonds. The van der Waals surface area contributed by atoms with Gasteiger partial charge in [0.2, 0.25) is 5.79 Å². The molecule has 3 aromatic carbocycles. The van der Waals surface area contributed by atoms with E-state index in [4.69, 9.17) is 18.9 Å². The van der Waals surface area contributed by atoms with Gasteiger partial charge in [-0.15, -0.1) is 0 Å². The van der Waals surface area contributed by atoms with Gasteiger partial charge in [-0.05, 0) is 54.1 Å². The van der Waals surface area contributed by atoms with Crippen LogP contribution < -0.4 is 9.47 Å². The Hall–Kier alpha value is -2.82. The van der Waals surface area contributed by atoms with Crippen molar-refractivity contribution in [2.45, 2.75) is 11.9 Å². The molecule has 1 saturated heterocycles. The summed E-state index contributed by atoms with van der Waals surface area (Å²) in [6, 6.07) is 25.8. The minimum atomic E-state index is -0.973. The first kappa shape index (κ1) is 17.6. The van der Waals surface area contributed by atoms with Crippen LogP contribution in [0.1, 0.15) is 22.8 Å². The van der Waals surface area contributed by atoms with E-state index < -0.39 is 5.79 Å². The third-order valence-corrected chi connectivity index (χ3v) is 4.86. The molecule has 1 aliphatic rings. The van der Waals surface area contributed by atoms with E-state index in [9.17, 15) is 0 Å². The SMILES string of the molecule is COc1ccc(C2(c3ccc(OC)cc3)OCC(c3ccccc3)O2)cc1. The maximum atomic E-state index is 6.55. The van der Waals surface area contributed by atoms with Gasteiger partial charge in [0, 0.05) is 11.1 Å². The van der Waals surface area contributed by atoms with Gasteiger partial charge in [-0.1, -0.05) is 30.3 Å². The first-order chi connectivity index (χ1) is 13.2. The highest BCUT2D eigenvalue weighted by molar-refractivity contribution is 5.40. The molecule has 0 saturated carbocycles. The van der Waals surface area contributed by atoms with E-state index in [1.165, 1.54) is 0 Å². The molecule has 0 aliphatic carbocycles. The Morgan fingerprint density at radius 2 is 1.26 bits per heavy atom. The van der Waals surface area contributed by atoms with Crippen molar-refractivity contribution in [1.82, 2.24) is 0 Å². The molecule has 1 fully saturated rings.